The summed E-state index contributed by atoms with van der Waals surface area (Å²) in [7, 11) is 0. The molecule has 0 aliphatic carbocycles. The largest absolute Gasteiger partial charge is 0.315 e. The number of fused-ring (bicyclic) bond motifs is 1. The normalized spacial score (nSPS) is 11.0. The Balaban J connectivity index is 2.26. The first-order valence-corrected chi connectivity index (χ1v) is 7.29. The number of nitrogens with zero attached hydrogens (tertiary/aromatic N) is 2. The summed E-state index contributed by atoms with van der Waals surface area (Å²) in [4.78, 5) is 0. The van der Waals surface area contributed by atoms with Crippen molar-refractivity contribution in [1.82, 2.24) is 4.57 Å². The summed E-state index contributed by atoms with van der Waals surface area (Å²) in [6, 6.07) is 18.5. The topological polar surface area (TPSA) is 28.7 Å². The molecule has 1 aromatic heterocycles. The molecule has 0 saturated carbocycles. The SMILES string of the molecule is CC(C)Cc1cn(-c2ccccc2C#N)c2ccccc12. The molecule has 0 amide bonds. The number of aromatic nitrogens is 1. The maximum absolute atomic E-state index is 9.34. The molecule has 3 rings (SSSR count). The maximum atomic E-state index is 9.34. The van der Waals surface area contributed by atoms with E-state index in [1.807, 2.05) is 30.3 Å². The molecule has 3 aromatic rings. The number of benzene rings is 2. The Morgan fingerprint density at radius 1 is 1.05 bits per heavy atom. The first-order chi connectivity index (χ1) is 10.2. The number of nitriles is 1. The Kier molecular flexibility index (Phi) is 3.50. The Morgan fingerprint density at radius 3 is 2.52 bits per heavy atom. The van der Waals surface area contributed by atoms with Gasteiger partial charge in [-0.2, -0.15) is 5.26 Å². The van der Waals surface area contributed by atoms with Gasteiger partial charge in [0.25, 0.3) is 0 Å². The van der Waals surface area contributed by atoms with Crippen LogP contribution in [0.4, 0.5) is 0 Å². The molecule has 2 heteroatoms. The minimum absolute atomic E-state index is 0.607. The lowest BCUT2D eigenvalue weighted by Crippen LogP contribution is -1.96. The predicted octanol–water partition coefficient (Wildman–Crippen LogP) is 4.70. The lowest BCUT2D eigenvalue weighted by atomic mass is 10.0. The second-order valence-corrected chi connectivity index (χ2v) is 5.77. The molecule has 0 N–H and O–H groups in total. The van der Waals surface area contributed by atoms with Crippen molar-refractivity contribution in [2.45, 2.75) is 20.3 Å². The summed E-state index contributed by atoms with van der Waals surface area (Å²) in [5, 5.41) is 10.6. The summed E-state index contributed by atoms with van der Waals surface area (Å²) in [6.07, 6.45) is 3.23. The molecule has 0 unspecified atom stereocenters. The van der Waals surface area contributed by atoms with Gasteiger partial charge in [-0.25, -0.2) is 0 Å². The molecule has 0 fully saturated rings. The Bertz CT molecular complexity index is 819. The molecule has 1 heterocycles. The van der Waals surface area contributed by atoms with Crippen LogP contribution in [0.15, 0.2) is 54.7 Å². The van der Waals surface area contributed by atoms with Crippen LogP contribution in [0.5, 0.6) is 0 Å². The smallest absolute Gasteiger partial charge is 0.101 e. The van der Waals surface area contributed by atoms with E-state index >= 15 is 0 Å². The van der Waals surface area contributed by atoms with Crippen LogP contribution in [0.25, 0.3) is 16.6 Å². The van der Waals surface area contributed by atoms with E-state index in [9.17, 15) is 5.26 Å². The summed E-state index contributed by atoms with van der Waals surface area (Å²) in [5.74, 6) is 0.607. The lowest BCUT2D eigenvalue weighted by Gasteiger charge is -2.07. The summed E-state index contributed by atoms with van der Waals surface area (Å²) in [6.45, 7) is 4.46. The van der Waals surface area contributed by atoms with E-state index in [-0.39, 0.29) is 0 Å². The van der Waals surface area contributed by atoms with Crippen LogP contribution in [0.1, 0.15) is 25.0 Å². The summed E-state index contributed by atoms with van der Waals surface area (Å²) < 4.78 is 2.14. The van der Waals surface area contributed by atoms with Gasteiger partial charge in [0.1, 0.15) is 6.07 Å². The first kappa shape index (κ1) is 13.5. The van der Waals surface area contributed by atoms with Gasteiger partial charge in [0, 0.05) is 11.6 Å². The molecule has 0 bridgehead atoms. The number of para-hydroxylation sites is 2. The third kappa shape index (κ3) is 2.43. The van der Waals surface area contributed by atoms with Crippen LogP contribution in [0.3, 0.4) is 0 Å². The van der Waals surface area contributed by atoms with E-state index in [0.717, 1.165) is 17.6 Å². The monoisotopic (exact) mass is 274 g/mol. The quantitative estimate of drug-likeness (QED) is 0.680. The minimum Gasteiger partial charge on any atom is -0.315 e. The molecular weight excluding hydrogens is 256 g/mol. The van der Waals surface area contributed by atoms with E-state index in [2.05, 4.69) is 48.9 Å². The minimum atomic E-state index is 0.607. The number of rotatable bonds is 3. The highest BCUT2D eigenvalue weighted by molar-refractivity contribution is 5.86. The molecule has 0 aliphatic heterocycles. The van der Waals surface area contributed by atoms with Crippen LogP contribution in [0.2, 0.25) is 0 Å². The van der Waals surface area contributed by atoms with Crippen LogP contribution in [0, 0.1) is 17.2 Å². The van der Waals surface area contributed by atoms with Gasteiger partial charge in [-0.1, -0.05) is 44.2 Å². The van der Waals surface area contributed by atoms with E-state index < -0.39 is 0 Å². The predicted molar refractivity (Wildman–Crippen MR) is 86.5 cm³/mol. The van der Waals surface area contributed by atoms with Gasteiger partial charge < -0.3 is 4.57 Å². The van der Waals surface area contributed by atoms with Crippen molar-refractivity contribution in [2.75, 3.05) is 0 Å². The fourth-order valence-electron chi connectivity index (χ4n) is 2.83. The zero-order chi connectivity index (χ0) is 14.8. The Hall–Kier alpha value is -2.53. The highest BCUT2D eigenvalue weighted by atomic mass is 15.0. The second kappa shape index (κ2) is 5.46. The maximum Gasteiger partial charge on any atom is 0.101 e. The molecule has 0 spiro atoms. The number of hydrogen-bond acceptors (Lipinski definition) is 1. The molecule has 2 aromatic carbocycles. The van der Waals surface area contributed by atoms with Crippen molar-refractivity contribution in [3.63, 3.8) is 0 Å². The average molecular weight is 274 g/mol. The molecule has 2 nitrogen and oxygen atoms in total. The average Bonchev–Trinajstić information content (AvgIpc) is 2.85. The number of hydrogen-bond donors (Lipinski definition) is 0. The zero-order valence-corrected chi connectivity index (χ0v) is 12.4. The van der Waals surface area contributed by atoms with Gasteiger partial charge >= 0.3 is 0 Å². The van der Waals surface area contributed by atoms with E-state index in [1.165, 1.54) is 10.9 Å². The van der Waals surface area contributed by atoms with Crippen molar-refractivity contribution in [3.8, 4) is 11.8 Å². The third-order valence-electron chi connectivity index (χ3n) is 3.71. The van der Waals surface area contributed by atoms with Crippen molar-refractivity contribution in [1.29, 1.82) is 5.26 Å². The van der Waals surface area contributed by atoms with Gasteiger partial charge in [0.05, 0.1) is 16.8 Å². The van der Waals surface area contributed by atoms with Crippen LogP contribution < -0.4 is 0 Å². The van der Waals surface area contributed by atoms with Crippen molar-refractivity contribution in [2.24, 2.45) is 5.92 Å². The van der Waals surface area contributed by atoms with E-state index in [0.29, 0.717) is 11.5 Å². The van der Waals surface area contributed by atoms with Gasteiger partial charge in [0.15, 0.2) is 0 Å². The van der Waals surface area contributed by atoms with Crippen molar-refractivity contribution < 1.29 is 0 Å². The zero-order valence-electron chi connectivity index (χ0n) is 12.4. The van der Waals surface area contributed by atoms with Crippen molar-refractivity contribution in [3.05, 3.63) is 65.9 Å². The van der Waals surface area contributed by atoms with Crippen LogP contribution >= 0.6 is 0 Å². The second-order valence-electron chi connectivity index (χ2n) is 5.77. The molecule has 104 valence electrons. The fourth-order valence-corrected chi connectivity index (χ4v) is 2.83. The molecule has 0 atom stereocenters. The molecule has 0 saturated heterocycles. The van der Waals surface area contributed by atoms with Gasteiger partial charge in [-0.3, -0.25) is 0 Å². The summed E-state index contributed by atoms with van der Waals surface area (Å²) >= 11 is 0. The fraction of sp³-hybridized carbons (Fsp3) is 0.211. The Morgan fingerprint density at radius 2 is 1.76 bits per heavy atom. The Labute approximate surface area is 125 Å². The van der Waals surface area contributed by atoms with E-state index in [4.69, 9.17) is 0 Å². The van der Waals surface area contributed by atoms with Gasteiger partial charge in [-0.05, 0) is 36.1 Å². The van der Waals surface area contributed by atoms with Gasteiger partial charge in [-0.15, -0.1) is 0 Å². The highest BCUT2D eigenvalue weighted by Gasteiger charge is 2.12. The molecular formula is C19H18N2. The van der Waals surface area contributed by atoms with Crippen LogP contribution in [-0.4, -0.2) is 4.57 Å². The highest BCUT2D eigenvalue weighted by Crippen LogP contribution is 2.27. The molecule has 0 radical (unpaired) electrons. The summed E-state index contributed by atoms with van der Waals surface area (Å²) in [5.41, 5.74) is 4.16. The molecule has 21 heavy (non-hydrogen) atoms. The molecule has 0 aliphatic rings. The standard InChI is InChI=1S/C19H18N2/c1-14(2)11-16-13-21(19-10-6-4-8-17(16)19)18-9-5-3-7-15(18)12-20/h3-10,13-14H,11H2,1-2H3. The van der Waals surface area contributed by atoms with E-state index in [1.54, 1.807) is 0 Å². The third-order valence-corrected chi connectivity index (χ3v) is 3.71. The van der Waals surface area contributed by atoms with Crippen LogP contribution in [-0.2, 0) is 6.42 Å². The lowest BCUT2D eigenvalue weighted by molar-refractivity contribution is 0.649. The van der Waals surface area contributed by atoms with Crippen molar-refractivity contribution >= 4 is 10.9 Å². The first-order valence-electron chi connectivity index (χ1n) is 7.29. The van der Waals surface area contributed by atoms with Gasteiger partial charge in [0.2, 0.25) is 0 Å².